The second-order valence-corrected chi connectivity index (χ2v) is 3.76. The third-order valence-corrected chi connectivity index (χ3v) is 2.51. The molecule has 0 fully saturated rings. The SMILES string of the molecule is Clc1cnc2[nH]cc(-c3ncccn3)c2c1. The zero-order valence-electron chi connectivity index (χ0n) is 8.18. The van der Waals surface area contributed by atoms with Gasteiger partial charge >= 0.3 is 0 Å². The Balaban J connectivity index is 2.29. The molecule has 0 amide bonds. The Bertz CT molecular complexity index is 633. The highest BCUT2D eigenvalue weighted by Crippen LogP contribution is 2.26. The maximum Gasteiger partial charge on any atom is 0.161 e. The van der Waals surface area contributed by atoms with Gasteiger partial charge in [0, 0.05) is 35.7 Å². The first-order chi connectivity index (χ1) is 7.84. The maximum absolute atomic E-state index is 5.92. The van der Waals surface area contributed by atoms with Crippen LogP contribution in [-0.4, -0.2) is 19.9 Å². The summed E-state index contributed by atoms with van der Waals surface area (Å²) in [6.45, 7) is 0. The van der Waals surface area contributed by atoms with E-state index in [9.17, 15) is 0 Å². The molecule has 3 aromatic heterocycles. The Morgan fingerprint density at radius 2 is 1.94 bits per heavy atom. The van der Waals surface area contributed by atoms with Crippen molar-refractivity contribution in [3.8, 4) is 11.4 Å². The van der Waals surface area contributed by atoms with Gasteiger partial charge in [0.2, 0.25) is 0 Å². The quantitative estimate of drug-likeness (QED) is 0.699. The van der Waals surface area contributed by atoms with E-state index in [1.807, 2.05) is 12.3 Å². The molecule has 4 nitrogen and oxygen atoms in total. The van der Waals surface area contributed by atoms with E-state index in [0.717, 1.165) is 16.6 Å². The van der Waals surface area contributed by atoms with Gasteiger partial charge in [-0.05, 0) is 12.1 Å². The van der Waals surface area contributed by atoms with Crippen LogP contribution < -0.4 is 0 Å². The lowest BCUT2D eigenvalue weighted by Gasteiger charge is -1.96. The summed E-state index contributed by atoms with van der Waals surface area (Å²) in [7, 11) is 0. The van der Waals surface area contributed by atoms with Crippen LogP contribution in [0.1, 0.15) is 0 Å². The molecule has 0 aromatic carbocycles. The molecule has 0 saturated carbocycles. The summed E-state index contributed by atoms with van der Waals surface area (Å²) >= 11 is 5.92. The number of nitrogens with zero attached hydrogens (tertiary/aromatic N) is 3. The molecule has 5 heteroatoms. The van der Waals surface area contributed by atoms with Gasteiger partial charge in [0.1, 0.15) is 5.65 Å². The van der Waals surface area contributed by atoms with Crippen molar-refractivity contribution in [3.63, 3.8) is 0 Å². The molecule has 3 rings (SSSR count). The standard InChI is InChI=1S/C11H7ClN4/c12-7-4-8-9(6-16-10(8)15-5-7)11-13-2-1-3-14-11/h1-6H,(H,15,16). The van der Waals surface area contributed by atoms with Crippen molar-refractivity contribution in [2.24, 2.45) is 0 Å². The summed E-state index contributed by atoms with van der Waals surface area (Å²) in [5.74, 6) is 0.665. The molecule has 0 aliphatic rings. The third-order valence-electron chi connectivity index (χ3n) is 2.30. The van der Waals surface area contributed by atoms with Crippen LogP contribution in [0.3, 0.4) is 0 Å². The van der Waals surface area contributed by atoms with E-state index >= 15 is 0 Å². The minimum Gasteiger partial charge on any atom is -0.345 e. The van der Waals surface area contributed by atoms with Gasteiger partial charge in [-0.3, -0.25) is 0 Å². The second kappa shape index (κ2) is 3.57. The second-order valence-electron chi connectivity index (χ2n) is 3.32. The zero-order valence-corrected chi connectivity index (χ0v) is 8.94. The van der Waals surface area contributed by atoms with Gasteiger partial charge in [-0.25, -0.2) is 15.0 Å². The molecule has 0 saturated heterocycles. The first-order valence-corrected chi connectivity index (χ1v) is 5.12. The Morgan fingerprint density at radius 1 is 1.12 bits per heavy atom. The smallest absolute Gasteiger partial charge is 0.161 e. The zero-order chi connectivity index (χ0) is 11.0. The predicted octanol–water partition coefficient (Wildman–Crippen LogP) is 2.67. The van der Waals surface area contributed by atoms with E-state index in [2.05, 4.69) is 19.9 Å². The molecule has 78 valence electrons. The number of aromatic nitrogens is 4. The molecule has 3 heterocycles. The molecule has 0 atom stereocenters. The number of nitrogens with one attached hydrogen (secondary N) is 1. The highest BCUT2D eigenvalue weighted by molar-refractivity contribution is 6.31. The van der Waals surface area contributed by atoms with Crippen LogP contribution in [0.4, 0.5) is 0 Å². The van der Waals surface area contributed by atoms with Gasteiger partial charge in [0.05, 0.1) is 5.02 Å². The van der Waals surface area contributed by atoms with Gasteiger partial charge in [-0.1, -0.05) is 11.6 Å². The van der Waals surface area contributed by atoms with Crippen LogP contribution in [0.5, 0.6) is 0 Å². The fraction of sp³-hybridized carbons (Fsp3) is 0. The number of pyridine rings is 1. The molecule has 3 aromatic rings. The maximum atomic E-state index is 5.92. The van der Waals surface area contributed by atoms with Gasteiger partial charge in [-0.2, -0.15) is 0 Å². The van der Waals surface area contributed by atoms with Crippen LogP contribution >= 0.6 is 11.6 Å². The Labute approximate surface area is 96.3 Å². The summed E-state index contributed by atoms with van der Waals surface area (Å²) in [6, 6.07) is 3.63. The summed E-state index contributed by atoms with van der Waals surface area (Å²) in [5, 5.41) is 1.53. The summed E-state index contributed by atoms with van der Waals surface area (Å²) in [6.07, 6.45) is 6.86. The lowest BCUT2D eigenvalue weighted by Crippen LogP contribution is -1.85. The average Bonchev–Trinajstić information content (AvgIpc) is 2.73. The lowest BCUT2D eigenvalue weighted by molar-refractivity contribution is 1.18. The molecule has 16 heavy (non-hydrogen) atoms. The fourth-order valence-corrected chi connectivity index (χ4v) is 1.76. The first kappa shape index (κ1) is 9.30. The highest BCUT2D eigenvalue weighted by atomic mass is 35.5. The third kappa shape index (κ3) is 1.44. The van der Waals surface area contributed by atoms with E-state index in [1.54, 1.807) is 24.7 Å². The van der Waals surface area contributed by atoms with Crippen molar-refractivity contribution in [2.45, 2.75) is 0 Å². The number of rotatable bonds is 1. The number of fused-ring (bicyclic) bond motifs is 1. The summed E-state index contributed by atoms with van der Waals surface area (Å²) in [4.78, 5) is 15.6. The molecule has 0 unspecified atom stereocenters. The van der Waals surface area contributed by atoms with Crippen molar-refractivity contribution < 1.29 is 0 Å². The molecule has 1 N–H and O–H groups in total. The van der Waals surface area contributed by atoms with Crippen LogP contribution in [0, 0.1) is 0 Å². The normalized spacial score (nSPS) is 10.8. The topological polar surface area (TPSA) is 54.5 Å². The van der Waals surface area contributed by atoms with E-state index in [1.165, 1.54) is 0 Å². The fourth-order valence-electron chi connectivity index (χ4n) is 1.60. The van der Waals surface area contributed by atoms with Gasteiger partial charge in [0.15, 0.2) is 5.82 Å². The van der Waals surface area contributed by atoms with Gasteiger partial charge in [-0.15, -0.1) is 0 Å². The first-order valence-electron chi connectivity index (χ1n) is 4.74. The van der Waals surface area contributed by atoms with Gasteiger partial charge < -0.3 is 4.98 Å². The monoisotopic (exact) mass is 230 g/mol. The van der Waals surface area contributed by atoms with Crippen LogP contribution in [0.15, 0.2) is 36.9 Å². The Kier molecular flexibility index (Phi) is 2.08. The van der Waals surface area contributed by atoms with E-state index in [4.69, 9.17) is 11.6 Å². The minimum atomic E-state index is 0.601. The minimum absolute atomic E-state index is 0.601. The van der Waals surface area contributed by atoms with Crippen LogP contribution in [0.25, 0.3) is 22.4 Å². The summed E-state index contributed by atoms with van der Waals surface area (Å²) < 4.78 is 0. The largest absolute Gasteiger partial charge is 0.345 e. The van der Waals surface area contributed by atoms with Crippen molar-refractivity contribution >= 4 is 22.6 Å². The van der Waals surface area contributed by atoms with Crippen molar-refractivity contribution in [1.29, 1.82) is 0 Å². The van der Waals surface area contributed by atoms with Crippen molar-refractivity contribution in [3.05, 3.63) is 41.9 Å². The van der Waals surface area contributed by atoms with Crippen molar-refractivity contribution in [2.75, 3.05) is 0 Å². The molecule has 0 radical (unpaired) electrons. The Hall–Kier alpha value is -1.94. The number of halogens is 1. The van der Waals surface area contributed by atoms with E-state index in [0.29, 0.717) is 10.8 Å². The van der Waals surface area contributed by atoms with Crippen LogP contribution in [-0.2, 0) is 0 Å². The molecule has 0 spiro atoms. The highest BCUT2D eigenvalue weighted by Gasteiger charge is 2.08. The molecule has 0 aliphatic carbocycles. The molecular weight excluding hydrogens is 224 g/mol. The molecular formula is C11H7ClN4. The van der Waals surface area contributed by atoms with Crippen LogP contribution in [0.2, 0.25) is 5.02 Å². The molecule has 0 aliphatic heterocycles. The number of aromatic amines is 1. The van der Waals surface area contributed by atoms with E-state index in [-0.39, 0.29) is 0 Å². The van der Waals surface area contributed by atoms with Gasteiger partial charge in [0.25, 0.3) is 0 Å². The molecule has 0 bridgehead atoms. The van der Waals surface area contributed by atoms with E-state index < -0.39 is 0 Å². The number of hydrogen-bond donors (Lipinski definition) is 1. The number of H-pyrrole nitrogens is 1. The average molecular weight is 231 g/mol. The lowest BCUT2D eigenvalue weighted by atomic mass is 10.2. The number of hydrogen-bond acceptors (Lipinski definition) is 3. The van der Waals surface area contributed by atoms with Crippen molar-refractivity contribution in [1.82, 2.24) is 19.9 Å². The Morgan fingerprint density at radius 3 is 2.75 bits per heavy atom. The predicted molar refractivity (Wildman–Crippen MR) is 62.1 cm³/mol. The summed E-state index contributed by atoms with van der Waals surface area (Å²) in [5.41, 5.74) is 1.69.